The second kappa shape index (κ2) is 14.2. The quantitative estimate of drug-likeness (QED) is 0.162. The van der Waals surface area contributed by atoms with Crippen molar-refractivity contribution in [2.45, 2.75) is 19.3 Å². The van der Waals surface area contributed by atoms with Crippen LogP contribution in [0.4, 0.5) is 17.1 Å². The number of anilines is 3. The number of nitrogens with zero attached hydrogens (tertiary/aromatic N) is 2. The summed E-state index contributed by atoms with van der Waals surface area (Å²) in [7, 11) is 0. The van der Waals surface area contributed by atoms with Gasteiger partial charge in [0.2, 0.25) is 0 Å². The van der Waals surface area contributed by atoms with Gasteiger partial charge in [0.25, 0.3) is 0 Å². The number of thiophene rings is 1. The highest BCUT2D eigenvalue weighted by atomic mass is 32.1. The molecule has 0 unspecified atom stereocenters. The molecule has 0 saturated heterocycles. The molecule has 3 heteroatoms. The maximum absolute atomic E-state index is 2.45. The van der Waals surface area contributed by atoms with Crippen LogP contribution in [0.2, 0.25) is 0 Å². The van der Waals surface area contributed by atoms with Gasteiger partial charge in [0.15, 0.2) is 0 Å². The lowest BCUT2D eigenvalue weighted by Crippen LogP contribution is -2.15. The van der Waals surface area contributed by atoms with Crippen LogP contribution in [0.15, 0.2) is 218 Å². The molecule has 0 fully saturated rings. The smallest absolute Gasteiger partial charge is 0.0547 e. The molecule has 0 radical (unpaired) electrons. The fourth-order valence-corrected chi connectivity index (χ4v) is 12.1. The van der Waals surface area contributed by atoms with Crippen molar-refractivity contribution in [2.24, 2.45) is 0 Å². The number of aromatic nitrogens is 1. The summed E-state index contributed by atoms with van der Waals surface area (Å²) in [4.78, 5) is 2.45. The van der Waals surface area contributed by atoms with E-state index < -0.39 is 0 Å². The largest absolute Gasteiger partial charge is 0.310 e. The van der Waals surface area contributed by atoms with Crippen molar-refractivity contribution in [3.05, 3.63) is 230 Å². The minimum absolute atomic E-state index is 0.0750. The van der Waals surface area contributed by atoms with E-state index in [1.807, 2.05) is 11.3 Å². The molecule has 2 aromatic heterocycles. The molecule has 1 aliphatic carbocycles. The Morgan fingerprint density at radius 3 is 1.92 bits per heavy atom. The average molecular weight is 835 g/mol. The highest BCUT2D eigenvalue weighted by Crippen LogP contribution is 2.51. The van der Waals surface area contributed by atoms with E-state index >= 15 is 0 Å². The van der Waals surface area contributed by atoms with Gasteiger partial charge in [-0.05, 0) is 116 Å². The monoisotopic (exact) mass is 834 g/mol. The predicted molar refractivity (Wildman–Crippen MR) is 274 cm³/mol. The van der Waals surface area contributed by atoms with Crippen molar-refractivity contribution in [2.75, 3.05) is 4.90 Å². The summed E-state index contributed by atoms with van der Waals surface area (Å²) in [6, 6.07) is 80.8. The molecule has 12 aromatic rings. The summed E-state index contributed by atoms with van der Waals surface area (Å²) < 4.78 is 5.08. The number of fused-ring (bicyclic) bond motifs is 11. The second-order valence-corrected chi connectivity index (χ2v) is 18.7. The molecule has 2 heterocycles. The van der Waals surface area contributed by atoms with Gasteiger partial charge in [0.05, 0.1) is 11.0 Å². The van der Waals surface area contributed by atoms with Gasteiger partial charge in [-0.2, -0.15) is 0 Å². The fourth-order valence-electron chi connectivity index (χ4n) is 10.8. The molecule has 0 saturated carbocycles. The van der Waals surface area contributed by atoms with Gasteiger partial charge in [0, 0.05) is 59.1 Å². The molecule has 1 aliphatic rings. The Morgan fingerprint density at radius 1 is 0.391 bits per heavy atom. The number of hydrogen-bond donors (Lipinski definition) is 0. The zero-order chi connectivity index (χ0) is 42.5. The van der Waals surface area contributed by atoms with Gasteiger partial charge < -0.3 is 9.47 Å². The Balaban J connectivity index is 0.980. The summed E-state index contributed by atoms with van der Waals surface area (Å²) in [6.45, 7) is 4.71. The van der Waals surface area contributed by atoms with Crippen molar-refractivity contribution < 1.29 is 0 Å². The van der Waals surface area contributed by atoms with Gasteiger partial charge in [-0.1, -0.05) is 172 Å². The van der Waals surface area contributed by atoms with Crippen molar-refractivity contribution in [3.8, 4) is 39.1 Å². The molecule has 0 amide bonds. The Morgan fingerprint density at radius 2 is 1.03 bits per heavy atom. The van der Waals surface area contributed by atoms with E-state index in [0.29, 0.717) is 0 Å². The van der Waals surface area contributed by atoms with E-state index in [9.17, 15) is 0 Å². The molecule has 13 rings (SSSR count). The topological polar surface area (TPSA) is 8.17 Å². The van der Waals surface area contributed by atoms with Gasteiger partial charge in [0.1, 0.15) is 0 Å². The molecule has 302 valence electrons. The highest BCUT2D eigenvalue weighted by molar-refractivity contribution is 7.27. The second-order valence-electron chi connectivity index (χ2n) is 17.7. The fraction of sp³-hybridized carbons (Fsp3) is 0.0492. The molecule has 0 bridgehead atoms. The lowest BCUT2D eigenvalue weighted by molar-refractivity contribution is 0.660. The van der Waals surface area contributed by atoms with E-state index in [1.165, 1.54) is 97.3 Å². The van der Waals surface area contributed by atoms with Crippen LogP contribution in [0.1, 0.15) is 25.0 Å². The minimum Gasteiger partial charge on any atom is -0.310 e. The van der Waals surface area contributed by atoms with E-state index in [-0.39, 0.29) is 5.41 Å². The van der Waals surface area contributed by atoms with Crippen LogP contribution in [-0.4, -0.2) is 4.57 Å². The minimum atomic E-state index is -0.0750. The molecule has 0 atom stereocenters. The van der Waals surface area contributed by atoms with E-state index in [1.54, 1.807) is 0 Å². The Kier molecular flexibility index (Phi) is 8.16. The van der Waals surface area contributed by atoms with Gasteiger partial charge in [-0.15, -0.1) is 11.3 Å². The third kappa shape index (κ3) is 5.51. The maximum atomic E-state index is 2.45. The first-order valence-electron chi connectivity index (χ1n) is 22.2. The molecule has 0 spiro atoms. The van der Waals surface area contributed by atoms with Crippen LogP contribution in [0, 0.1) is 0 Å². The average Bonchev–Trinajstić information content (AvgIpc) is 3.98. The Hall–Kier alpha value is -7.72. The van der Waals surface area contributed by atoms with Crippen LogP contribution in [0.25, 0.3) is 91.8 Å². The van der Waals surface area contributed by atoms with E-state index in [2.05, 4.69) is 242 Å². The van der Waals surface area contributed by atoms with Gasteiger partial charge in [-0.3, -0.25) is 0 Å². The Labute approximate surface area is 376 Å². The van der Waals surface area contributed by atoms with Gasteiger partial charge in [-0.25, -0.2) is 0 Å². The van der Waals surface area contributed by atoms with Crippen molar-refractivity contribution in [3.63, 3.8) is 0 Å². The molecular weight excluding hydrogens is 793 g/mol. The third-order valence-electron chi connectivity index (χ3n) is 13.8. The summed E-state index contributed by atoms with van der Waals surface area (Å²) in [5, 5.41) is 7.75. The van der Waals surface area contributed by atoms with Crippen molar-refractivity contribution >= 4 is 81.1 Å². The van der Waals surface area contributed by atoms with Crippen LogP contribution >= 0.6 is 11.3 Å². The van der Waals surface area contributed by atoms with Crippen LogP contribution in [0.5, 0.6) is 0 Å². The molecule has 0 N–H and O–H groups in total. The summed E-state index contributed by atoms with van der Waals surface area (Å²) >= 11 is 1.91. The number of benzene rings is 10. The van der Waals surface area contributed by atoms with Crippen LogP contribution in [0.3, 0.4) is 0 Å². The van der Waals surface area contributed by atoms with Crippen molar-refractivity contribution in [1.29, 1.82) is 0 Å². The third-order valence-corrected chi connectivity index (χ3v) is 15.1. The normalized spacial score (nSPS) is 13.0. The Bertz CT molecular complexity index is 3810. The van der Waals surface area contributed by atoms with Crippen LogP contribution < -0.4 is 4.90 Å². The first-order chi connectivity index (χ1) is 31.5. The summed E-state index contributed by atoms with van der Waals surface area (Å²) in [6.07, 6.45) is 0. The SMILES string of the molecule is CC1(C)c2ccccc2-c2cc(N(c3ccc(-c4cccc5c4sc4c6ccccc6ccc54)cc3)c3cccc(-c4cccc5c4c4ccccc4n5-c4ccccc4)c3)ccc21. The predicted octanol–water partition coefficient (Wildman–Crippen LogP) is 17.4. The zero-order valence-electron chi connectivity index (χ0n) is 35.6. The molecule has 10 aromatic carbocycles. The van der Waals surface area contributed by atoms with Crippen molar-refractivity contribution in [1.82, 2.24) is 4.57 Å². The van der Waals surface area contributed by atoms with Crippen LogP contribution in [-0.2, 0) is 5.41 Å². The maximum Gasteiger partial charge on any atom is 0.0547 e. The standard InChI is InChI=1S/C61H42N2S/c1-61(2)54-26-10-8-21-49(54)53-38-45(34-36-55(53)61)62(43-32-29-40(30-33-43)48-24-13-25-50-51-35-31-39-15-6-7-20-47(39)60(51)64-59(48)50)44-19-12-16-41(37-44)46-23-14-28-57-58(46)52-22-9-11-27-56(52)63(57)42-17-4-3-5-18-42/h3-38H,1-2H3. The molecule has 64 heavy (non-hydrogen) atoms. The number of para-hydroxylation sites is 2. The zero-order valence-corrected chi connectivity index (χ0v) is 36.4. The molecule has 2 nitrogen and oxygen atoms in total. The lowest BCUT2D eigenvalue weighted by Gasteiger charge is -2.28. The van der Waals surface area contributed by atoms with Gasteiger partial charge >= 0.3 is 0 Å². The number of hydrogen-bond acceptors (Lipinski definition) is 2. The first kappa shape index (κ1) is 36.9. The first-order valence-corrected chi connectivity index (χ1v) is 23.0. The lowest BCUT2D eigenvalue weighted by atomic mass is 9.82. The summed E-state index contributed by atoms with van der Waals surface area (Å²) in [5.74, 6) is 0. The molecule has 0 aliphatic heterocycles. The van der Waals surface area contributed by atoms with E-state index in [4.69, 9.17) is 0 Å². The highest BCUT2D eigenvalue weighted by Gasteiger charge is 2.35. The molecular formula is C61H42N2S. The van der Waals surface area contributed by atoms with E-state index in [0.717, 1.165) is 22.7 Å². The summed E-state index contributed by atoms with van der Waals surface area (Å²) in [5.41, 5.74) is 17.1. The number of rotatable bonds is 6.